The molecule has 0 radical (unpaired) electrons. The zero-order chi connectivity index (χ0) is 14.4. The molecule has 0 aromatic heterocycles. The van der Waals surface area contributed by atoms with E-state index in [1.807, 2.05) is 19.1 Å². The van der Waals surface area contributed by atoms with Gasteiger partial charge >= 0.3 is 0 Å². The summed E-state index contributed by atoms with van der Waals surface area (Å²) in [6, 6.07) is 13.5. The summed E-state index contributed by atoms with van der Waals surface area (Å²) < 4.78 is 27.2. The number of hydrogen-bond donors (Lipinski definition) is 1. The Labute approximate surface area is 118 Å². The highest BCUT2D eigenvalue weighted by Gasteiger charge is 2.12. The van der Waals surface area contributed by atoms with Crippen LogP contribution in [0.4, 0.5) is 8.78 Å². The fourth-order valence-electron chi connectivity index (χ4n) is 2.31. The number of halogens is 2. The second kappa shape index (κ2) is 7.15. The van der Waals surface area contributed by atoms with Crippen LogP contribution in [-0.2, 0) is 6.42 Å². The van der Waals surface area contributed by atoms with Crippen LogP contribution in [0.3, 0.4) is 0 Å². The molecule has 0 heterocycles. The Balaban J connectivity index is 1.95. The Morgan fingerprint density at radius 3 is 2.25 bits per heavy atom. The van der Waals surface area contributed by atoms with Crippen LogP contribution in [0.1, 0.15) is 30.5 Å². The Bertz CT molecular complexity index is 554. The van der Waals surface area contributed by atoms with E-state index < -0.39 is 0 Å². The van der Waals surface area contributed by atoms with Crippen molar-refractivity contribution in [1.82, 2.24) is 5.32 Å². The second-order valence-electron chi connectivity index (χ2n) is 4.78. The molecule has 0 spiro atoms. The lowest BCUT2D eigenvalue weighted by atomic mass is 10.0. The van der Waals surface area contributed by atoms with Gasteiger partial charge in [-0.1, -0.05) is 43.3 Å². The summed E-state index contributed by atoms with van der Waals surface area (Å²) in [5.41, 5.74) is 1.35. The molecule has 0 saturated heterocycles. The van der Waals surface area contributed by atoms with Crippen LogP contribution < -0.4 is 5.32 Å². The first kappa shape index (κ1) is 14.7. The van der Waals surface area contributed by atoms with Crippen LogP contribution in [0.2, 0.25) is 0 Å². The first-order valence-corrected chi connectivity index (χ1v) is 6.93. The van der Waals surface area contributed by atoms with Crippen molar-refractivity contribution in [3.8, 4) is 0 Å². The minimum Gasteiger partial charge on any atom is -0.310 e. The van der Waals surface area contributed by atoms with Crippen molar-refractivity contribution >= 4 is 0 Å². The van der Waals surface area contributed by atoms with Crippen molar-refractivity contribution < 1.29 is 8.78 Å². The van der Waals surface area contributed by atoms with Gasteiger partial charge in [0.2, 0.25) is 0 Å². The van der Waals surface area contributed by atoms with E-state index in [4.69, 9.17) is 0 Å². The van der Waals surface area contributed by atoms with Crippen LogP contribution in [0.15, 0.2) is 48.5 Å². The predicted molar refractivity (Wildman–Crippen MR) is 77.5 cm³/mol. The van der Waals surface area contributed by atoms with Crippen molar-refractivity contribution in [2.75, 3.05) is 6.54 Å². The maximum Gasteiger partial charge on any atom is 0.127 e. The molecule has 1 nitrogen and oxygen atoms in total. The van der Waals surface area contributed by atoms with Gasteiger partial charge in [-0.25, -0.2) is 8.78 Å². The minimum atomic E-state index is -0.197. The average molecular weight is 275 g/mol. The number of benzene rings is 2. The Morgan fingerprint density at radius 2 is 1.60 bits per heavy atom. The highest BCUT2D eigenvalue weighted by molar-refractivity contribution is 5.21. The molecule has 0 amide bonds. The van der Waals surface area contributed by atoms with E-state index in [9.17, 15) is 8.78 Å². The number of nitrogens with one attached hydrogen (secondary N) is 1. The van der Waals surface area contributed by atoms with Gasteiger partial charge in [-0.3, -0.25) is 0 Å². The van der Waals surface area contributed by atoms with Crippen LogP contribution in [0, 0.1) is 11.6 Å². The van der Waals surface area contributed by atoms with Gasteiger partial charge in [0, 0.05) is 11.6 Å². The summed E-state index contributed by atoms with van der Waals surface area (Å²) in [7, 11) is 0. The first-order chi connectivity index (χ1) is 9.72. The molecule has 0 aliphatic carbocycles. The van der Waals surface area contributed by atoms with Gasteiger partial charge in [0.25, 0.3) is 0 Å². The highest BCUT2D eigenvalue weighted by atomic mass is 19.1. The summed E-state index contributed by atoms with van der Waals surface area (Å²) in [6.45, 7) is 2.63. The molecule has 0 aliphatic heterocycles. The molecule has 2 aromatic carbocycles. The smallest absolute Gasteiger partial charge is 0.127 e. The van der Waals surface area contributed by atoms with Crippen LogP contribution in [0.25, 0.3) is 0 Å². The van der Waals surface area contributed by atoms with Crippen molar-refractivity contribution in [2.45, 2.75) is 25.8 Å². The molecule has 0 saturated carbocycles. The monoisotopic (exact) mass is 275 g/mol. The van der Waals surface area contributed by atoms with Crippen LogP contribution in [0.5, 0.6) is 0 Å². The van der Waals surface area contributed by atoms with E-state index in [1.165, 1.54) is 12.1 Å². The first-order valence-electron chi connectivity index (χ1n) is 6.93. The van der Waals surface area contributed by atoms with E-state index in [0.29, 0.717) is 24.1 Å². The van der Waals surface area contributed by atoms with Crippen molar-refractivity contribution in [2.24, 2.45) is 0 Å². The SMILES string of the molecule is CCC(NCCc1ccccc1F)c1ccccc1F. The van der Waals surface area contributed by atoms with E-state index in [1.54, 1.807) is 24.3 Å². The maximum atomic E-state index is 13.7. The van der Waals surface area contributed by atoms with Gasteiger partial charge in [0.1, 0.15) is 11.6 Å². The predicted octanol–water partition coefficient (Wildman–Crippen LogP) is 4.25. The maximum absolute atomic E-state index is 13.7. The lowest BCUT2D eigenvalue weighted by molar-refractivity contribution is 0.488. The lowest BCUT2D eigenvalue weighted by Gasteiger charge is -2.18. The Kier molecular flexibility index (Phi) is 5.24. The summed E-state index contributed by atoms with van der Waals surface area (Å²) in [6.07, 6.45) is 1.38. The average Bonchev–Trinajstić information content (AvgIpc) is 2.46. The quantitative estimate of drug-likeness (QED) is 0.831. The van der Waals surface area contributed by atoms with E-state index in [-0.39, 0.29) is 17.7 Å². The normalized spacial score (nSPS) is 12.3. The summed E-state index contributed by atoms with van der Waals surface area (Å²) in [4.78, 5) is 0. The Morgan fingerprint density at radius 1 is 0.950 bits per heavy atom. The largest absolute Gasteiger partial charge is 0.310 e. The topological polar surface area (TPSA) is 12.0 Å². The molecule has 0 aliphatic rings. The van der Waals surface area contributed by atoms with Crippen molar-refractivity contribution in [3.63, 3.8) is 0 Å². The summed E-state index contributed by atoms with van der Waals surface area (Å²) in [5, 5.41) is 3.30. The van der Waals surface area contributed by atoms with Gasteiger partial charge < -0.3 is 5.32 Å². The van der Waals surface area contributed by atoms with Gasteiger partial charge in [0.15, 0.2) is 0 Å². The third-order valence-electron chi connectivity index (χ3n) is 3.43. The molecule has 1 unspecified atom stereocenters. The standard InChI is InChI=1S/C17H19F2N/c1-2-17(14-8-4-6-10-16(14)19)20-12-11-13-7-3-5-9-15(13)18/h3-10,17,20H,2,11-12H2,1H3. The molecule has 106 valence electrons. The molecule has 20 heavy (non-hydrogen) atoms. The minimum absolute atomic E-state index is 0.0389. The van der Waals surface area contributed by atoms with Gasteiger partial charge in [-0.15, -0.1) is 0 Å². The molecule has 3 heteroatoms. The highest BCUT2D eigenvalue weighted by Crippen LogP contribution is 2.19. The van der Waals surface area contributed by atoms with E-state index in [0.717, 1.165) is 6.42 Å². The van der Waals surface area contributed by atoms with Gasteiger partial charge in [0.05, 0.1) is 0 Å². The lowest BCUT2D eigenvalue weighted by Crippen LogP contribution is -2.24. The zero-order valence-corrected chi connectivity index (χ0v) is 11.6. The molecular weight excluding hydrogens is 256 g/mol. The summed E-state index contributed by atoms with van der Waals surface area (Å²) >= 11 is 0. The molecule has 0 fully saturated rings. The second-order valence-corrected chi connectivity index (χ2v) is 4.78. The van der Waals surface area contributed by atoms with Gasteiger partial charge in [-0.2, -0.15) is 0 Å². The molecular formula is C17H19F2N. The van der Waals surface area contributed by atoms with E-state index in [2.05, 4.69) is 5.32 Å². The molecule has 1 atom stereocenters. The van der Waals surface area contributed by atoms with Crippen molar-refractivity contribution in [3.05, 3.63) is 71.3 Å². The third kappa shape index (κ3) is 3.64. The zero-order valence-electron chi connectivity index (χ0n) is 11.6. The molecule has 2 rings (SSSR count). The number of hydrogen-bond acceptors (Lipinski definition) is 1. The van der Waals surface area contributed by atoms with E-state index >= 15 is 0 Å². The van der Waals surface area contributed by atoms with Crippen LogP contribution >= 0.6 is 0 Å². The fraction of sp³-hybridized carbons (Fsp3) is 0.294. The summed E-state index contributed by atoms with van der Waals surface area (Å²) in [5.74, 6) is -0.383. The van der Waals surface area contributed by atoms with Crippen LogP contribution in [-0.4, -0.2) is 6.54 Å². The van der Waals surface area contributed by atoms with Crippen molar-refractivity contribution in [1.29, 1.82) is 0 Å². The molecule has 1 N–H and O–H groups in total. The molecule has 0 bridgehead atoms. The molecule has 2 aromatic rings. The Hall–Kier alpha value is -1.74. The third-order valence-corrected chi connectivity index (χ3v) is 3.43. The number of rotatable bonds is 6. The van der Waals surface area contributed by atoms with Gasteiger partial charge in [-0.05, 0) is 37.1 Å². The fourth-order valence-corrected chi connectivity index (χ4v) is 2.31.